The smallest absolute Gasteiger partial charge is 0.240 e. The first-order valence-electron chi connectivity index (χ1n) is 5.67. The number of hydrogen-bond acceptors (Lipinski definition) is 3. The summed E-state index contributed by atoms with van der Waals surface area (Å²) in [7, 11) is -3.64. The van der Waals surface area contributed by atoms with E-state index in [0.717, 1.165) is 32.0 Å². The molecule has 0 spiro atoms. The van der Waals surface area contributed by atoms with Crippen molar-refractivity contribution in [3.8, 4) is 0 Å². The maximum absolute atomic E-state index is 13.3. The molecular weight excluding hydrogens is 323 g/mol. The quantitative estimate of drug-likeness (QED) is 0.881. The Labute approximate surface area is 114 Å². The molecule has 0 saturated carbocycles. The average Bonchev–Trinajstić information content (AvgIpc) is 2.33. The molecule has 1 heterocycles. The van der Waals surface area contributed by atoms with Crippen LogP contribution in [0.15, 0.2) is 27.6 Å². The molecule has 2 N–H and O–H groups in total. The third-order valence-corrected chi connectivity index (χ3v) is 5.02. The highest BCUT2D eigenvalue weighted by atomic mass is 79.9. The van der Waals surface area contributed by atoms with Gasteiger partial charge in [-0.05, 0) is 60.1 Å². The van der Waals surface area contributed by atoms with Gasteiger partial charge in [-0.15, -0.1) is 0 Å². The van der Waals surface area contributed by atoms with Crippen LogP contribution in [-0.4, -0.2) is 27.5 Å². The summed E-state index contributed by atoms with van der Waals surface area (Å²) in [6.45, 7) is 1.59. The van der Waals surface area contributed by atoms with Gasteiger partial charge in [0.15, 0.2) is 0 Å². The van der Waals surface area contributed by atoms with Gasteiger partial charge in [0.1, 0.15) is 5.82 Å². The number of nitrogens with one attached hydrogen (secondary N) is 2. The van der Waals surface area contributed by atoms with Gasteiger partial charge in [-0.3, -0.25) is 0 Å². The van der Waals surface area contributed by atoms with E-state index < -0.39 is 15.8 Å². The van der Waals surface area contributed by atoms with Gasteiger partial charge in [0.2, 0.25) is 10.0 Å². The normalized spacial score (nSPS) is 17.9. The number of halogens is 2. The molecule has 0 unspecified atom stereocenters. The van der Waals surface area contributed by atoms with Crippen LogP contribution >= 0.6 is 15.9 Å². The molecule has 0 atom stereocenters. The van der Waals surface area contributed by atoms with E-state index in [1.807, 2.05) is 0 Å². The van der Waals surface area contributed by atoms with Gasteiger partial charge in [-0.2, -0.15) is 0 Å². The molecule has 1 aliphatic heterocycles. The second-order valence-corrected chi connectivity index (χ2v) is 6.79. The van der Waals surface area contributed by atoms with Crippen molar-refractivity contribution >= 4 is 26.0 Å². The lowest BCUT2D eigenvalue weighted by Crippen LogP contribution is -2.42. The van der Waals surface area contributed by atoms with Crippen LogP contribution in [0.4, 0.5) is 4.39 Å². The largest absolute Gasteiger partial charge is 0.317 e. The Morgan fingerprint density at radius 3 is 2.61 bits per heavy atom. The molecule has 4 nitrogen and oxygen atoms in total. The minimum Gasteiger partial charge on any atom is -0.317 e. The molecule has 2 rings (SSSR count). The molecule has 1 aliphatic rings. The second kappa shape index (κ2) is 5.64. The first-order chi connectivity index (χ1) is 8.49. The van der Waals surface area contributed by atoms with Crippen molar-refractivity contribution in [1.82, 2.24) is 10.0 Å². The Kier molecular flexibility index (Phi) is 4.37. The maximum Gasteiger partial charge on any atom is 0.240 e. The molecule has 18 heavy (non-hydrogen) atoms. The maximum atomic E-state index is 13.3. The molecule has 0 amide bonds. The Hall–Kier alpha value is -0.500. The Morgan fingerprint density at radius 1 is 1.33 bits per heavy atom. The van der Waals surface area contributed by atoms with E-state index in [9.17, 15) is 12.8 Å². The summed E-state index contributed by atoms with van der Waals surface area (Å²) < 4.78 is 40.3. The second-order valence-electron chi connectivity index (χ2n) is 4.22. The molecule has 0 aromatic heterocycles. The minimum atomic E-state index is -3.64. The fourth-order valence-corrected chi connectivity index (χ4v) is 3.43. The van der Waals surface area contributed by atoms with Gasteiger partial charge in [-0.25, -0.2) is 17.5 Å². The van der Waals surface area contributed by atoms with Crippen molar-refractivity contribution in [2.75, 3.05) is 13.1 Å². The third-order valence-electron chi connectivity index (χ3n) is 2.86. The lowest BCUT2D eigenvalue weighted by molar-refractivity contribution is 0.427. The van der Waals surface area contributed by atoms with Gasteiger partial charge in [0, 0.05) is 6.04 Å². The SMILES string of the molecule is O=S(=O)(NC1CCNCC1)c1ccc(Br)c(F)c1. The zero-order valence-electron chi connectivity index (χ0n) is 9.62. The molecular formula is C11H14BrFN2O2S. The predicted molar refractivity (Wildman–Crippen MR) is 70.3 cm³/mol. The van der Waals surface area contributed by atoms with Crippen molar-refractivity contribution in [1.29, 1.82) is 0 Å². The fourth-order valence-electron chi connectivity index (χ4n) is 1.87. The molecule has 0 radical (unpaired) electrons. The van der Waals surface area contributed by atoms with Crippen molar-refractivity contribution in [3.63, 3.8) is 0 Å². The standard InChI is InChI=1S/C11H14BrFN2O2S/c12-10-2-1-9(7-11(10)13)18(16,17)15-8-3-5-14-6-4-8/h1-2,7-8,14-15H,3-6H2. The van der Waals surface area contributed by atoms with Gasteiger partial charge < -0.3 is 5.32 Å². The Morgan fingerprint density at radius 2 is 2.00 bits per heavy atom. The lowest BCUT2D eigenvalue weighted by atomic mass is 10.1. The molecule has 1 aromatic carbocycles. The summed E-state index contributed by atoms with van der Waals surface area (Å²) in [5.74, 6) is -0.580. The van der Waals surface area contributed by atoms with Crippen LogP contribution in [0, 0.1) is 5.82 Å². The summed E-state index contributed by atoms with van der Waals surface area (Å²) in [5, 5.41) is 3.16. The van der Waals surface area contributed by atoms with Crippen molar-refractivity contribution in [3.05, 3.63) is 28.5 Å². The van der Waals surface area contributed by atoms with Gasteiger partial charge in [0.05, 0.1) is 9.37 Å². The van der Waals surface area contributed by atoms with E-state index in [4.69, 9.17) is 0 Å². The van der Waals surface area contributed by atoms with Gasteiger partial charge in [0.25, 0.3) is 0 Å². The summed E-state index contributed by atoms with van der Waals surface area (Å²) in [6, 6.07) is 3.72. The summed E-state index contributed by atoms with van der Waals surface area (Å²) in [6.07, 6.45) is 1.50. The van der Waals surface area contributed by atoms with Crippen LogP contribution in [0.1, 0.15) is 12.8 Å². The van der Waals surface area contributed by atoms with Crippen LogP contribution in [0.3, 0.4) is 0 Å². The molecule has 7 heteroatoms. The monoisotopic (exact) mass is 336 g/mol. The Bertz CT molecular complexity index is 530. The molecule has 0 bridgehead atoms. The first-order valence-corrected chi connectivity index (χ1v) is 7.95. The molecule has 0 aliphatic carbocycles. The van der Waals surface area contributed by atoms with E-state index in [-0.39, 0.29) is 15.4 Å². The van der Waals surface area contributed by atoms with E-state index in [2.05, 4.69) is 26.0 Å². The topological polar surface area (TPSA) is 58.2 Å². The number of sulfonamides is 1. The van der Waals surface area contributed by atoms with Crippen molar-refractivity contribution in [2.24, 2.45) is 0 Å². The average molecular weight is 337 g/mol. The van der Waals surface area contributed by atoms with Crippen LogP contribution in [-0.2, 0) is 10.0 Å². The lowest BCUT2D eigenvalue weighted by Gasteiger charge is -2.23. The summed E-state index contributed by atoms with van der Waals surface area (Å²) in [5.41, 5.74) is 0. The van der Waals surface area contributed by atoms with Crippen LogP contribution in [0.5, 0.6) is 0 Å². The van der Waals surface area contributed by atoms with E-state index in [1.54, 1.807) is 0 Å². The minimum absolute atomic E-state index is 0.0401. The molecule has 1 saturated heterocycles. The van der Waals surface area contributed by atoms with E-state index >= 15 is 0 Å². The summed E-state index contributed by atoms with van der Waals surface area (Å²) >= 11 is 3.00. The third kappa shape index (κ3) is 3.28. The van der Waals surface area contributed by atoms with Gasteiger partial charge >= 0.3 is 0 Å². The number of rotatable bonds is 3. The van der Waals surface area contributed by atoms with Crippen molar-refractivity contribution in [2.45, 2.75) is 23.8 Å². The number of benzene rings is 1. The van der Waals surface area contributed by atoms with E-state index in [1.165, 1.54) is 12.1 Å². The van der Waals surface area contributed by atoms with Crippen LogP contribution in [0.2, 0.25) is 0 Å². The highest BCUT2D eigenvalue weighted by Gasteiger charge is 2.22. The number of hydrogen-bond donors (Lipinski definition) is 2. The van der Waals surface area contributed by atoms with Crippen LogP contribution < -0.4 is 10.0 Å². The van der Waals surface area contributed by atoms with Crippen LogP contribution in [0.25, 0.3) is 0 Å². The molecule has 1 aromatic rings. The van der Waals surface area contributed by atoms with Crippen molar-refractivity contribution < 1.29 is 12.8 Å². The fraction of sp³-hybridized carbons (Fsp3) is 0.455. The Balaban J connectivity index is 2.16. The number of piperidine rings is 1. The zero-order valence-corrected chi connectivity index (χ0v) is 12.0. The summed E-state index contributed by atoms with van der Waals surface area (Å²) in [4.78, 5) is -0.0401. The zero-order chi connectivity index (χ0) is 13.2. The molecule has 100 valence electrons. The first kappa shape index (κ1) is 13.9. The highest BCUT2D eigenvalue weighted by molar-refractivity contribution is 9.10. The molecule has 1 fully saturated rings. The van der Waals surface area contributed by atoms with Gasteiger partial charge in [-0.1, -0.05) is 0 Å². The predicted octanol–water partition coefficient (Wildman–Crippen LogP) is 1.62. The van der Waals surface area contributed by atoms with E-state index in [0.29, 0.717) is 0 Å². The highest BCUT2D eigenvalue weighted by Crippen LogP contribution is 2.20.